The summed E-state index contributed by atoms with van der Waals surface area (Å²) in [5.41, 5.74) is 1.43. The van der Waals surface area contributed by atoms with Gasteiger partial charge in [0, 0.05) is 16.0 Å². The number of halogens is 1. The van der Waals surface area contributed by atoms with E-state index in [4.69, 9.17) is 26.1 Å². The van der Waals surface area contributed by atoms with Crippen molar-refractivity contribution in [2.45, 2.75) is 18.8 Å². The van der Waals surface area contributed by atoms with Crippen LogP contribution in [-0.4, -0.2) is 16.1 Å². The molecule has 5 rings (SSSR count). The van der Waals surface area contributed by atoms with Crippen molar-refractivity contribution in [2.24, 2.45) is 10.1 Å². The molecule has 1 N–H and O–H groups in total. The number of furan rings is 1. The number of aryl methyl sites for hydroxylation is 1. The predicted octanol–water partition coefficient (Wildman–Crippen LogP) is 3.32. The van der Waals surface area contributed by atoms with Gasteiger partial charge in [-0.1, -0.05) is 59.8 Å². The first-order chi connectivity index (χ1) is 14.6. The van der Waals surface area contributed by atoms with E-state index in [9.17, 15) is 4.79 Å². The molecule has 3 aromatic rings. The van der Waals surface area contributed by atoms with Gasteiger partial charge in [0.25, 0.3) is 5.91 Å². The van der Waals surface area contributed by atoms with Crippen molar-refractivity contribution in [2.75, 3.05) is 0 Å². The van der Waals surface area contributed by atoms with E-state index in [0.29, 0.717) is 27.4 Å². The Hall–Kier alpha value is -3.03. The van der Waals surface area contributed by atoms with Crippen LogP contribution in [0, 0.1) is 6.92 Å². The van der Waals surface area contributed by atoms with Crippen LogP contribution in [0.15, 0.2) is 75.2 Å². The third-order valence-corrected chi connectivity index (χ3v) is 6.13. The van der Waals surface area contributed by atoms with Gasteiger partial charge in [-0.2, -0.15) is 0 Å². The third-order valence-electron chi connectivity index (χ3n) is 4.85. The van der Waals surface area contributed by atoms with Crippen LogP contribution in [0.3, 0.4) is 0 Å². The summed E-state index contributed by atoms with van der Waals surface area (Å²) in [6.45, 7) is 1.88. The number of thioether (sulfide) groups is 1. The van der Waals surface area contributed by atoms with Gasteiger partial charge in [-0.25, -0.2) is 10.0 Å². The number of rotatable bonds is 3. The first kappa shape index (κ1) is 19.0. The molecule has 3 heterocycles. The number of carbonyl (C=O) groups is 1. The molecule has 30 heavy (non-hydrogen) atoms. The van der Waals surface area contributed by atoms with Gasteiger partial charge in [-0.05, 0) is 36.8 Å². The van der Waals surface area contributed by atoms with Gasteiger partial charge >= 0.3 is 0 Å². The summed E-state index contributed by atoms with van der Waals surface area (Å²) in [6.07, 6.45) is -0.550. The molecule has 0 radical (unpaired) electrons. The van der Waals surface area contributed by atoms with Gasteiger partial charge in [0.1, 0.15) is 11.5 Å². The van der Waals surface area contributed by atoms with Crippen molar-refractivity contribution in [1.82, 2.24) is 10.3 Å². The number of carbonyl (C=O) groups excluding carboxylic acids is 1. The molecule has 0 fully saturated rings. The molecule has 1 amide bonds. The Kier molecular flexibility index (Phi) is 4.84. The molecule has 8 heteroatoms. The number of hydrogen-bond acceptors (Lipinski definition) is 6. The second-order valence-corrected chi connectivity index (χ2v) is 8.27. The fourth-order valence-electron chi connectivity index (χ4n) is 3.43. The second-order valence-electron chi connectivity index (χ2n) is 6.90. The number of para-hydroxylation sites is 1. The fourth-order valence-corrected chi connectivity index (χ4v) is 4.57. The van der Waals surface area contributed by atoms with Gasteiger partial charge in [-0.3, -0.25) is 10.1 Å². The highest BCUT2D eigenvalue weighted by Crippen LogP contribution is 2.32. The van der Waals surface area contributed by atoms with Crippen molar-refractivity contribution in [3.05, 3.63) is 93.3 Å². The number of hydrazone groups is 1. The van der Waals surface area contributed by atoms with E-state index in [1.165, 1.54) is 11.8 Å². The highest BCUT2D eigenvalue weighted by atomic mass is 35.5. The van der Waals surface area contributed by atoms with Crippen LogP contribution in [0.4, 0.5) is 0 Å². The Bertz CT molecular complexity index is 1300. The molecule has 2 aromatic carbocycles. The summed E-state index contributed by atoms with van der Waals surface area (Å²) in [5, 5.41) is 11.9. The Balaban J connectivity index is 1.56. The summed E-state index contributed by atoms with van der Waals surface area (Å²) in [7, 11) is 0. The van der Waals surface area contributed by atoms with Gasteiger partial charge in [-0.15, -0.1) is 5.10 Å². The van der Waals surface area contributed by atoms with Crippen LogP contribution in [-0.2, 0) is 10.5 Å². The molecule has 0 aliphatic carbocycles. The first-order valence-electron chi connectivity index (χ1n) is 9.39. The molecule has 0 spiro atoms. The van der Waals surface area contributed by atoms with Crippen molar-refractivity contribution < 1.29 is 9.21 Å². The maximum atomic E-state index is 13.1. The summed E-state index contributed by atoms with van der Waals surface area (Å²) < 4.78 is 5.83. The molecular weight excluding hydrogens is 420 g/mol. The largest absolute Gasteiger partial charge is 0.462 e. The maximum absolute atomic E-state index is 13.1. The monoisotopic (exact) mass is 436 g/mol. The lowest BCUT2D eigenvalue weighted by atomic mass is 10.1. The number of fused-ring (bicyclic) bond motifs is 2. The standard InChI is InChI=1S/C22H17ClN4O2S/c1-13-10-11-18(29-13)20-24-17-9-5-3-7-15(17)19-21(28)25-22(26-27(19)20)30-12-14-6-2-4-8-16(14)23/h2-11,20H,12H2,1H3,(H,25,26,28). The van der Waals surface area contributed by atoms with E-state index in [2.05, 4.69) is 5.32 Å². The van der Waals surface area contributed by atoms with Crippen molar-refractivity contribution >= 4 is 40.1 Å². The van der Waals surface area contributed by atoms with Crippen LogP contribution in [0.2, 0.25) is 5.02 Å². The first-order valence-corrected chi connectivity index (χ1v) is 10.8. The molecule has 0 saturated carbocycles. The van der Waals surface area contributed by atoms with Crippen molar-refractivity contribution in [3.8, 4) is 0 Å². The lowest BCUT2D eigenvalue weighted by Gasteiger charge is -2.32. The zero-order valence-electron chi connectivity index (χ0n) is 16.0. The summed E-state index contributed by atoms with van der Waals surface area (Å²) >= 11 is 7.67. The van der Waals surface area contributed by atoms with Crippen molar-refractivity contribution in [3.63, 3.8) is 0 Å². The quantitative estimate of drug-likeness (QED) is 0.683. The van der Waals surface area contributed by atoms with E-state index in [1.54, 1.807) is 5.01 Å². The Morgan fingerprint density at radius 1 is 1.13 bits per heavy atom. The molecular formula is C22H17ClN4O2S. The minimum Gasteiger partial charge on any atom is -0.462 e. The molecule has 1 unspecified atom stereocenters. The number of nitrogens with one attached hydrogen (secondary N) is 1. The molecule has 6 nitrogen and oxygen atoms in total. The topological polar surface area (TPSA) is 70.2 Å². The van der Waals surface area contributed by atoms with Gasteiger partial charge in [0.2, 0.25) is 6.17 Å². The zero-order chi connectivity index (χ0) is 20.7. The third kappa shape index (κ3) is 3.40. The van der Waals surface area contributed by atoms with Crippen LogP contribution in [0.1, 0.15) is 23.2 Å². The van der Waals surface area contributed by atoms with E-state index in [1.807, 2.05) is 67.6 Å². The van der Waals surface area contributed by atoms with Crippen LogP contribution < -0.4 is 15.9 Å². The molecule has 1 atom stereocenters. The lowest BCUT2D eigenvalue weighted by molar-refractivity contribution is -0.116. The van der Waals surface area contributed by atoms with Gasteiger partial charge in [0.05, 0.1) is 5.36 Å². The maximum Gasteiger partial charge on any atom is 0.276 e. The molecule has 0 saturated heterocycles. The molecule has 150 valence electrons. The van der Waals surface area contributed by atoms with Gasteiger partial charge in [0.15, 0.2) is 10.9 Å². The lowest BCUT2D eigenvalue weighted by Crippen LogP contribution is -2.50. The number of amides is 1. The number of hydrogen-bond donors (Lipinski definition) is 1. The van der Waals surface area contributed by atoms with E-state index in [0.717, 1.165) is 21.9 Å². The van der Waals surface area contributed by atoms with E-state index < -0.39 is 6.17 Å². The van der Waals surface area contributed by atoms with E-state index >= 15 is 0 Å². The average Bonchev–Trinajstić information content (AvgIpc) is 3.18. The summed E-state index contributed by atoms with van der Waals surface area (Å²) in [4.78, 5) is 17.9. The Morgan fingerprint density at radius 2 is 1.93 bits per heavy atom. The molecule has 2 aliphatic heterocycles. The Labute approximate surface area is 181 Å². The van der Waals surface area contributed by atoms with Crippen LogP contribution >= 0.6 is 23.4 Å². The smallest absolute Gasteiger partial charge is 0.276 e. The number of benzene rings is 2. The van der Waals surface area contributed by atoms with Crippen LogP contribution in [0.25, 0.3) is 5.70 Å². The fraction of sp³-hybridized carbons (Fsp3) is 0.136. The highest BCUT2D eigenvalue weighted by molar-refractivity contribution is 8.13. The number of amidine groups is 1. The SMILES string of the molecule is Cc1ccc(C2N=c3ccccc3=C3C(=O)NC(SCc4ccccc4Cl)=NN32)o1. The molecule has 0 bridgehead atoms. The predicted molar refractivity (Wildman–Crippen MR) is 117 cm³/mol. The summed E-state index contributed by atoms with van der Waals surface area (Å²) in [6, 6.07) is 18.9. The minimum absolute atomic E-state index is 0.220. The normalized spacial score (nSPS) is 17.6. The highest BCUT2D eigenvalue weighted by Gasteiger charge is 2.35. The zero-order valence-corrected chi connectivity index (χ0v) is 17.6. The summed E-state index contributed by atoms with van der Waals surface area (Å²) in [5.74, 6) is 1.77. The van der Waals surface area contributed by atoms with E-state index in [-0.39, 0.29) is 5.91 Å². The van der Waals surface area contributed by atoms with Crippen molar-refractivity contribution in [1.29, 1.82) is 0 Å². The average molecular weight is 437 g/mol. The minimum atomic E-state index is -0.550. The van der Waals surface area contributed by atoms with Gasteiger partial charge < -0.3 is 4.42 Å². The Morgan fingerprint density at radius 3 is 2.73 bits per heavy atom. The molecule has 2 aliphatic rings. The van der Waals surface area contributed by atoms with Crippen LogP contribution in [0.5, 0.6) is 0 Å². The molecule has 1 aromatic heterocycles. The number of nitrogens with zero attached hydrogens (tertiary/aromatic N) is 3. The second kappa shape index (κ2) is 7.66.